The monoisotopic (exact) mass is 549 g/mol. The second-order valence-corrected chi connectivity index (χ2v) is 10.4. The smallest absolute Gasteiger partial charge is 0.323 e. The van der Waals surface area contributed by atoms with Gasteiger partial charge < -0.3 is 24.7 Å². The Balaban J connectivity index is 2.83. The summed E-state index contributed by atoms with van der Waals surface area (Å²) < 4.78 is 21.6. The summed E-state index contributed by atoms with van der Waals surface area (Å²) in [5.74, 6) is -1.71. The Labute approximate surface area is 233 Å². The number of hydrogen-bond donors (Lipinski definition) is 1. The molecule has 0 aliphatic rings. The van der Waals surface area contributed by atoms with E-state index in [1.807, 2.05) is 27.7 Å². The van der Waals surface area contributed by atoms with Crippen LogP contribution in [-0.2, 0) is 35.1 Å². The van der Waals surface area contributed by atoms with E-state index >= 15 is 0 Å². The quantitative estimate of drug-likeness (QED) is 0.147. The van der Waals surface area contributed by atoms with Crippen LogP contribution in [0.25, 0.3) is 0 Å². The van der Waals surface area contributed by atoms with Crippen LogP contribution in [0.3, 0.4) is 0 Å². The van der Waals surface area contributed by atoms with Crippen LogP contribution in [0, 0.1) is 11.8 Å². The summed E-state index contributed by atoms with van der Waals surface area (Å²) in [7, 11) is 0. The van der Waals surface area contributed by atoms with E-state index in [1.165, 1.54) is 6.07 Å². The summed E-state index contributed by atoms with van der Waals surface area (Å²) in [4.78, 5) is 49.2. The van der Waals surface area contributed by atoms with Gasteiger partial charge in [-0.15, -0.1) is 0 Å². The van der Waals surface area contributed by atoms with Crippen LogP contribution in [-0.4, -0.2) is 42.6 Å². The third kappa shape index (κ3) is 13.6. The number of hydrogen-bond acceptors (Lipinski definition) is 9. The van der Waals surface area contributed by atoms with E-state index in [-0.39, 0.29) is 55.2 Å². The number of rotatable bonds is 18. The molecule has 0 radical (unpaired) electrons. The van der Waals surface area contributed by atoms with Gasteiger partial charge in [-0.05, 0) is 49.8 Å². The molecule has 0 aromatic heterocycles. The number of esters is 4. The molecule has 0 aliphatic heterocycles. The van der Waals surface area contributed by atoms with E-state index in [0.717, 1.165) is 25.7 Å². The van der Waals surface area contributed by atoms with Crippen molar-refractivity contribution >= 4 is 23.9 Å². The van der Waals surface area contributed by atoms with Gasteiger partial charge in [0, 0.05) is 12.8 Å². The van der Waals surface area contributed by atoms with Gasteiger partial charge in [0.05, 0.1) is 5.92 Å². The zero-order valence-electron chi connectivity index (χ0n) is 24.5. The summed E-state index contributed by atoms with van der Waals surface area (Å²) >= 11 is 0. The van der Waals surface area contributed by atoms with E-state index in [0.29, 0.717) is 18.4 Å². The SMILES string of the molecule is CCCCCC(=O)Oc1ccc(C[C@H](N)C(=O)OC[C@H](C)OC(=O)C(C)C(C)C)cc1OC(=O)CCCCC. The van der Waals surface area contributed by atoms with Crippen LogP contribution in [0.15, 0.2) is 18.2 Å². The second-order valence-electron chi connectivity index (χ2n) is 10.4. The lowest BCUT2D eigenvalue weighted by Crippen LogP contribution is -2.36. The molecule has 0 heterocycles. The summed E-state index contributed by atoms with van der Waals surface area (Å²) in [6, 6.07) is 3.75. The molecule has 1 aromatic carbocycles. The van der Waals surface area contributed by atoms with Crippen LogP contribution in [0.2, 0.25) is 0 Å². The van der Waals surface area contributed by atoms with Gasteiger partial charge in [-0.25, -0.2) is 0 Å². The fraction of sp³-hybridized carbons (Fsp3) is 0.667. The van der Waals surface area contributed by atoms with Crippen LogP contribution < -0.4 is 15.2 Å². The first-order valence-corrected chi connectivity index (χ1v) is 14.1. The fourth-order valence-electron chi connectivity index (χ4n) is 3.49. The summed E-state index contributed by atoms with van der Waals surface area (Å²) in [6.07, 6.45) is 5.17. The van der Waals surface area contributed by atoms with Crippen molar-refractivity contribution in [2.75, 3.05) is 6.61 Å². The predicted octanol–water partition coefficient (Wildman–Crippen LogP) is 5.29. The van der Waals surface area contributed by atoms with Gasteiger partial charge in [0.15, 0.2) is 11.5 Å². The fourth-order valence-corrected chi connectivity index (χ4v) is 3.49. The lowest BCUT2D eigenvalue weighted by atomic mass is 9.98. The van der Waals surface area contributed by atoms with Crippen LogP contribution in [0.1, 0.15) is 98.5 Å². The first-order valence-electron chi connectivity index (χ1n) is 14.1. The van der Waals surface area contributed by atoms with Crippen LogP contribution in [0.4, 0.5) is 0 Å². The largest absolute Gasteiger partial charge is 0.461 e. The van der Waals surface area contributed by atoms with Crippen molar-refractivity contribution in [3.8, 4) is 11.5 Å². The minimum absolute atomic E-state index is 0.0997. The van der Waals surface area contributed by atoms with E-state index in [1.54, 1.807) is 26.0 Å². The van der Waals surface area contributed by atoms with E-state index in [9.17, 15) is 19.2 Å². The zero-order chi connectivity index (χ0) is 29.4. The Morgan fingerprint density at radius 1 is 0.795 bits per heavy atom. The number of carbonyl (C=O) groups is 4. The Kier molecular flexibility index (Phi) is 16.1. The molecule has 39 heavy (non-hydrogen) atoms. The third-order valence-corrected chi connectivity index (χ3v) is 6.33. The Hall–Kier alpha value is -2.94. The molecule has 1 aromatic rings. The molecular weight excluding hydrogens is 502 g/mol. The van der Waals surface area contributed by atoms with Gasteiger partial charge >= 0.3 is 23.9 Å². The van der Waals surface area contributed by atoms with Crippen molar-refractivity contribution in [3.05, 3.63) is 23.8 Å². The summed E-state index contributed by atoms with van der Waals surface area (Å²) in [6.45, 7) is 11.3. The van der Waals surface area contributed by atoms with Crippen molar-refractivity contribution in [3.63, 3.8) is 0 Å². The van der Waals surface area contributed by atoms with Crippen LogP contribution >= 0.6 is 0 Å². The molecule has 3 atom stereocenters. The molecule has 1 rings (SSSR count). The van der Waals surface area contributed by atoms with Crippen molar-refractivity contribution < 1.29 is 38.1 Å². The minimum Gasteiger partial charge on any atom is -0.461 e. The minimum atomic E-state index is -1.00. The Bertz CT molecular complexity index is 930. The molecular formula is C30H47NO8. The molecule has 0 amide bonds. The first kappa shape index (κ1) is 34.1. The highest BCUT2D eigenvalue weighted by Crippen LogP contribution is 2.30. The van der Waals surface area contributed by atoms with Gasteiger partial charge in [-0.1, -0.05) is 66.4 Å². The van der Waals surface area contributed by atoms with Crippen LogP contribution in [0.5, 0.6) is 11.5 Å². The highest BCUT2D eigenvalue weighted by molar-refractivity contribution is 5.77. The number of unbranched alkanes of at least 4 members (excludes halogenated alkanes) is 4. The summed E-state index contributed by atoms with van der Waals surface area (Å²) in [5, 5.41) is 0. The molecule has 9 nitrogen and oxygen atoms in total. The van der Waals surface area contributed by atoms with Crippen molar-refractivity contribution in [2.45, 2.75) is 111 Å². The topological polar surface area (TPSA) is 131 Å². The second kappa shape index (κ2) is 18.4. The highest BCUT2D eigenvalue weighted by Gasteiger charge is 2.23. The maximum atomic E-state index is 12.5. The van der Waals surface area contributed by atoms with Gasteiger partial charge in [0.2, 0.25) is 0 Å². The molecule has 0 spiro atoms. The van der Waals surface area contributed by atoms with Gasteiger partial charge in [0.25, 0.3) is 0 Å². The Morgan fingerprint density at radius 2 is 1.36 bits per heavy atom. The predicted molar refractivity (Wildman–Crippen MR) is 148 cm³/mol. The molecule has 9 heteroatoms. The lowest BCUT2D eigenvalue weighted by Gasteiger charge is -2.19. The van der Waals surface area contributed by atoms with E-state index in [4.69, 9.17) is 24.7 Å². The van der Waals surface area contributed by atoms with Gasteiger partial charge in [0.1, 0.15) is 18.8 Å². The number of ether oxygens (including phenoxy) is 4. The molecule has 0 aliphatic carbocycles. The van der Waals surface area contributed by atoms with Crippen molar-refractivity contribution in [2.24, 2.45) is 17.6 Å². The zero-order valence-corrected chi connectivity index (χ0v) is 24.5. The number of benzene rings is 1. The molecule has 0 saturated carbocycles. The van der Waals surface area contributed by atoms with E-state index < -0.39 is 30.1 Å². The summed E-state index contributed by atoms with van der Waals surface area (Å²) in [5.41, 5.74) is 6.67. The molecule has 220 valence electrons. The van der Waals surface area contributed by atoms with Crippen molar-refractivity contribution in [1.82, 2.24) is 0 Å². The maximum Gasteiger partial charge on any atom is 0.323 e. The number of carbonyl (C=O) groups excluding carboxylic acids is 4. The Morgan fingerprint density at radius 3 is 1.90 bits per heavy atom. The molecule has 2 N–H and O–H groups in total. The van der Waals surface area contributed by atoms with E-state index in [2.05, 4.69) is 0 Å². The van der Waals surface area contributed by atoms with Gasteiger partial charge in [-0.3, -0.25) is 19.2 Å². The van der Waals surface area contributed by atoms with Crippen molar-refractivity contribution in [1.29, 1.82) is 0 Å². The maximum absolute atomic E-state index is 12.5. The highest BCUT2D eigenvalue weighted by atomic mass is 16.6. The molecule has 0 saturated heterocycles. The normalized spacial score (nSPS) is 13.3. The average Bonchev–Trinajstić information content (AvgIpc) is 2.88. The first-order chi connectivity index (χ1) is 18.5. The average molecular weight is 550 g/mol. The van der Waals surface area contributed by atoms with Gasteiger partial charge in [-0.2, -0.15) is 0 Å². The number of nitrogens with two attached hydrogens (primary N) is 1. The molecule has 1 unspecified atom stereocenters. The molecule has 0 bridgehead atoms. The third-order valence-electron chi connectivity index (χ3n) is 6.33. The lowest BCUT2D eigenvalue weighted by molar-refractivity contribution is -0.162. The standard InChI is InChI=1S/C30H47NO8/c1-7-9-11-13-27(32)38-25-16-15-23(18-26(25)39-28(33)14-12-10-8-2)17-24(31)30(35)36-19-21(5)37-29(34)22(6)20(3)4/h15-16,18,20-22,24H,7-14,17,19,31H2,1-6H3/t21-,22?,24-/m0/s1. The molecule has 0 fully saturated rings.